The third-order valence-corrected chi connectivity index (χ3v) is 7.03. The van der Waals surface area contributed by atoms with E-state index >= 15 is 4.39 Å². The number of ether oxygens (including phenoxy) is 1. The fourth-order valence-corrected chi connectivity index (χ4v) is 4.60. The van der Waals surface area contributed by atoms with E-state index in [9.17, 15) is 28.2 Å². The standard InChI is InChI=1S/C28H31F4N5O4/c1-2-36(14-19-8-10-21(11-9-19)28(30,31)32)25-23(29)24(34-18-35-25)33-17-27(40)12-13-37(26(38)39)15-22(27)41-16-20-6-4-3-5-7-20/h3-11,18,22,40H,2,12-17H2,1H3,(H,38,39)(H,33,34,35). The first kappa shape index (κ1) is 30.0. The van der Waals surface area contributed by atoms with E-state index in [4.69, 9.17) is 4.74 Å². The predicted molar refractivity (Wildman–Crippen MR) is 143 cm³/mol. The van der Waals surface area contributed by atoms with E-state index in [0.717, 1.165) is 28.9 Å². The van der Waals surface area contributed by atoms with Crippen molar-refractivity contribution in [1.29, 1.82) is 0 Å². The van der Waals surface area contributed by atoms with Crippen LogP contribution < -0.4 is 10.2 Å². The Labute approximate surface area is 234 Å². The second-order valence-corrected chi connectivity index (χ2v) is 9.79. The van der Waals surface area contributed by atoms with Crippen molar-refractivity contribution in [3.05, 3.63) is 83.4 Å². The Morgan fingerprint density at radius 1 is 1.15 bits per heavy atom. The van der Waals surface area contributed by atoms with E-state index in [1.807, 2.05) is 30.3 Å². The Kier molecular flexibility index (Phi) is 9.28. The van der Waals surface area contributed by atoms with Gasteiger partial charge >= 0.3 is 12.3 Å². The first-order valence-corrected chi connectivity index (χ1v) is 13.0. The van der Waals surface area contributed by atoms with Gasteiger partial charge in [0.05, 0.1) is 18.7 Å². The Balaban J connectivity index is 1.47. The van der Waals surface area contributed by atoms with Crippen LogP contribution in [0.25, 0.3) is 0 Å². The number of benzene rings is 2. The molecule has 13 heteroatoms. The van der Waals surface area contributed by atoms with Crippen LogP contribution in [0.5, 0.6) is 0 Å². The van der Waals surface area contributed by atoms with Crippen LogP contribution in [-0.2, 0) is 24.1 Å². The number of amides is 1. The number of nitrogens with one attached hydrogen (secondary N) is 1. The van der Waals surface area contributed by atoms with Crippen LogP contribution in [0.4, 0.5) is 34.0 Å². The summed E-state index contributed by atoms with van der Waals surface area (Å²) in [7, 11) is 0. The van der Waals surface area contributed by atoms with E-state index in [1.54, 1.807) is 11.8 Å². The van der Waals surface area contributed by atoms with Crippen LogP contribution in [0.2, 0.25) is 0 Å². The number of likely N-dealkylation sites (tertiary alicyclic amines) is 1. The first-order valence-electron chi connectivity index (χ1n) is 13.0. The number of hydrogen-bond acceptors (Lipinski definition) is 7. The highest BCUT2D eigenvalue weighted by molar-refractivity contribution is 5.65. The predicted octanol–water partition coefficient (Wildman–Crippen LogP) is 4.77. The number of nitrogens with zero attached hydrogens (tertiary/aromatic N) is 4. The van der Waals surface area contributed by atoms with Crippen molar-refractivity contribution in [2.75, 3.05) is 36.4 Å². The van der Waals surface area contributed by atoms with Crippen LogP contribution in [0.3, 0.4) is 0 Å². The highest BCUT2D eigenvalue weighted by Crippen LogP contribution is 2.31. The fourth-order valence-electron chi connectivity index (χ4n) is 4.60. The highest BCUT2D eigenvalue weighted by atomic mass is 19.4. The van der Waals surface area contributed by atoms with Gasteiger partial charge in [-0.2, -0.15) is 17.6 Å². The Morgan fingerprint density at radius 3 is 2.49 bits per heavy atom. The Morgan fingerprint density at radius 2 is 1.85 bits per heavy atom. The van der Waals surface area contributed by atoms with Gasteiger partial charge in [0.1, 0.15) is 18.0 Å². The molecular weight excluding hydrogens is 546 g/mol. The summed E-state index contributed by atoms with van der Waals surface area (Å²) in [5, 5.41) is 23.8. The Bertz CT molecular complexity index is 1310. The summed E-state index contributed by atoms with van der Waals surface area (Å²) in [5.74, 6) is -1.04. The molecule has 1 aromatic heterocycles. The average molecular weight is 578 g/mol. The van der Waals surface area contributed by atoms with Crippen molar-refractivity contribution in [2.45, 2.75) is 44.4 Å². The number of aliphatic hydroxyl groups is 1. The van der Waals surface area contributed by atoms with E-state index < -0.39 is 35.4 Å². The lowest BCUT2D eigenvalue weighted by Gasteiger charge is -2.43. The number of carboxylic acid groups (broad SMARTS) is 1. The van der Waals surface area contributed by atoms with Crippen molar-refractivity contribution >= 4 is 17.7 Å². The third kappa shape index (κ3) is 7.41. The van der Waals surface area contributed by atoms with Crippen molar-refractivity contribution < 1.29 is 37.3 Å². The van der Waals surface area contributed by atoms with Crippen molar-refractivity contribution in [2.24, 2.45) is 0 Å². The van der Waals surface area contributed by atoms with Gasteiger partial charge in [-0.05, 0) is 36.6 Å². The molecule has 4 rings (SSSR count). The molecule has 0 bridgehead atoms. The number of carbonyl (C=O) groups is 1. The molecule has 2 atom stereocenters. The van der Waals surface area contributed by atoms with Gasteiger partial charge in [0, 0.05) is 26.2 Å². The molecule has 2 heterocycles. The number of alkyl halides is 3. The van der Waals surface area contributed by atoms with Crippen LogP contribution in [0.1, 0.15) is 30.0 Å². The number of halogens is 4. The minimum atomic E-state index is -4.46. The summed E-state index contributed by atoms with van der Waals surface area (Å²) in [6.45, 7) is 2.11. The smallest absolute Gasteiger partial charge is 0.416 e. The lowest BCUT2D eigenvalue weighted by molar-refractivity contribution is -0.139. The molecule has 1 fully saturated rings. The summed E-state index contributed by atoms with van der Waals surface area (Å²) >= 11 is 0. The van der Waals surface area contributed by atoms with Crippen LogP contribution in [0, 0.1) is 5.82 Å². The number of anilines is 2. The first-order chi connectivity index (χ1) is 19.5. The maximum absolute atomic E-state index is 15.6. The highest BCUT2D eigenvalue weighted by Gasteiger charge is 2.44. The molecule has 1 amide bonds. The average Bonchev–Trinajstić information content (AvgIpc) is 2.95. The minimum Gasteiger partial charge on any atom is -0.465 e. The van der Waals surface area contributed by atoms with E-state index in [2.05, 4.69) is 15.3 Å². The van der Waals surface area contributed by atoms with Crippen LogP contribution in [0.15, 0.2) is 60.9 Å². The summed E-state index contributed by atoms with van der Waals surface area (Å²) < 4.78 is 60.2. The summed E-state index contributed by atoms with van der Waals surface area (Å²) in [4.78, 5) is 22.3. The zero-order valence-electron chi connectivity index (χ0n) is 22.3. The maximum atomic E-state index is 15.6. The quantitative estimate of drug-likeness (QED) is 0.296. The molecule has 0 aliphatic carbocycles. The summed E-state index contributed by atoms with van der Waals surface area (Å²) in [6.07, 6.45) is -5.30. The lowest BCUT2D eigenvalue weighted by Crippen LogP contribution is -2.60. The van der Waals surface area contributed by atoms with Crippen molar-refractivity contribution in [1.82, 2.24) is 14.9 Å². The molecule has 0 radical (unpaired) electrons. The number of aromatic nitrogens is 2. The normalized spacial score (nSPS) is 19.2. The van der Waals surface area contributed by atoms with E-state index in [-0.39, 0.29) is 50.8 Å². The molecule has 3 N–H and O–H groups in total. The molecule has 41 heavy (non-hydrogen) atoms. The van der Waals surface area contributed by atoms with Gasteiger partial charge < -0.3 is 30.1 Å². The topological polar surface area (TPSA) is 111 Å². The van der Waals surface area contributed by atoms with Crippen LogP contribution in [-0.4, -0.2) is 69.1 Å². The van der Waals surface area contributed by atoms with Gasteiger partial charge in [0.25, 0.3) is 0 Å². The maximum Gasteiger partial charge on any atom is 0.416 e. The zero-order valence-corrected chi connectivity index (χ0v) is 22.3. The molecule has 0 saturated carbocycles. The third-order valence-electron chi connectivity index (χ3n) is 7.03. The zero-order chi connectivity index (χ0) is 29.6. The molecule has 2 aromatic carbocycles. The summed E-state index contributed by atoms with van der Waals surface area (Å²) in [6, 6.07) is 13.8. The fraction of sp³-hybridized carbons (Fsp3) is 0.393. The SMILES string of the molecule is CCN(Cc1ccc(C(F)(F)F)cc1)c1ncnc(NCC2(O)CCN(C(=O)O)CC2OCc2ccccc2)c1F. The number of rotatable bonds is 10. The minimum absolute atomic E-state index is 0.0420. The monoisotopic (exact) mass is 577 g/mol. The largest absolute Gasteiger partial charge is 0.465 e. The molecular formula is C28H31F4N5O4. The molecule has 2 unspecified atom stereocenters. The summed E-state index contributed by atoms with van der Waals surface area (Å²) in [5.41, 5.74) is -0.940. The van der Waals surface area contributed by atoms with Crippen molar-refractivity contribution in [3.63, 3.8) is 0 Å². The molecule has 220 valence electrons. The Hall–Kier alpha value is -3.97. The van der Waals surface area contributed by atoms with E-state index in [1.165, 1.54) is 12.1 Å². The number of hydrogen-bond donors (Lipinski definition) is 3. The van der Waals surface area contributed by atoms with Gasteiger partial charge in [-0.25, -0.2) is 14.8 Å². The molecule has 3 aromatic rings. The van der Waals surface area contributed by atoms with Gasteiger partial charge in [0.2, 0.25) is 5.82 Å². The van der Waals surface area contributed by atoms with E-state index in [0.29, 0.717) is 12.1 Å². The van der Waals surface area contributed by atoms with Gasteiger partial charge in [-0.1, -0.05) is 42.5 Å². The lowest BCUT2D eigenvalue weighted by atomic mass is 9.88. The van der Waals surface area contributed by atoms with Crippen LogP contribution >= 0.6 is 0 Å². The molecule has 1 aliphatic heterocycles. The molecule has 0 spiro atoms. The van der Waals surface area contributed by atoms with Gasteiger partial charge in [-0.3, -0.25) is 0 Å². The van der Waals surface area contributed by atoms with Gasteiger partial charge in [0.15, 0.2) is 11.6 Å². The molecule has 1 aliphatic rings. The molecule has 1 saturated heterocycles. The van der Waals surface area contributed by atoms with Gasteiger partial charge in [-0.15, -0.1) is 0 Å². The number of piperidine rings is 1. The second kappa shape index (κ2) is 12.7. The second-order valence-electron chi connectivity index (χ2n) is 9.79. The van der Waals surface area contributed by atoms with Crippen molar-refractivity contribution in [3.8, 4) is 0 Å². The molecule has 9 nitrogen and oxygen atoms in total.